The van der Waals surface area contributed by atoms with Crippen molar-refractivity contribution in [2.75, 3.05) is 0 Å². The van der Waals surface area contributed by atoms with E-state index in [1.807, 2.05) is 0 Å². The maximum absolute atomic E-state index is 2.37. The predicted octanol–water partition coefficient (Wildman–Crippen LogP) is 7.13. The maximum atomic E-state index is 2.37. The Balaban J connectivity index is 1.97. The summed E-state index contributed by atoms with van der Waals surface area (Å²) in [6.45, 7) is 9.03. The summed E-state index contributed by atoms with van der Waals surface area (Å²) in [5.74, 6) is 0.585. The Labute approximate surface area is 174 Å². The zero-order valence-corrected chi connectivity index (χ0v) is 18.2. The van der Waals surface area contributed by atoms with Crippen molar-refractivity contribution < 1.29 is 4.57 Å². The summed E-state index contributed by atoms with van der Waals surface area (Å²) in [6, 6.07) is 24.6. The molecular formula is C28H30N+. The molecule has 0 N–H and O–H groups in total. The second kappa shape index (κ2) is 7.83. The largest absolute Gasteiger partial charge is 0.220 e. The topological polar surface area (TPSA) is 3.88 Å². The van der Waals surface area contributed by atoms with E-state index in [1.165, 1.54) is 49.8 Å². The molecule has 4 aromatic rings. The Morgan fingerprint density at radius 3 is 2.34 bits per heavy atom. The molecule has 1 aromatic heterocycles. The number of hydrogen-bond acceptors (Lipinski definition) is 0. The van der Waals surface area contributed by atoms with Crippen LogP contribution < -0.4 is 4.57 Å². The van der Waals surface area contributed by atoms with Gasteiger partial charge in [0.25, 0.3) is 0 Å². The zero-order valence-electron chi connectivity index (χ0n) is 18.2. The summed E-state index contributed by atoms with van der Waals surface area (Å²) >= 11 is 0. The van der Waals surface area contributed by atoms with Crippen LogP contribution in [0.4, 0.5) is 0 Å². The van der Waals surface area contributed by atoms with Gasteiger partial charge in [-0.15, -0.1) is 0 Å². The highest BCUT2D eigenvalue weighted by Gasteiger charge is 2.20. The lowest BCUT2D eigenvalue weighted by atomic mass is 9.90. The van der Waals surface area contributed by atoms with Crippen LogP contribution in [0.3, 0.4) is 0 Å². The Hall–Kier alpha value is -2.93. The average Bonchev–Trinajstić information content (AvgIpc) is 2.75. The van der Waals surface area contributed by atoms with Crippen molar-refractivity contribution in [1.82, 2.24) is 0 Å². The minimum atomic E-state index is 0.585. The van der Waals surface area contributed by atoms with Crippen LogP contribution in [0.5, 0.6) is 0 Å². The minimum absolute atomic E-state index is 0.585. The van der Waals surface area contributed by atoms with Crippen molar-refractivity contribution in [1.29, 1.82) is 0 Å². The molecule has 1 heterocycles. The van der Waals surface area contributed by atoms with E-state index in [9.17, 15) is 0 Å². The number of rotatable bonds is 4. The molecule has 0 saturated carbocycles. The highest BCUT2D eigenvalue weighted by atomic mass is 14.9. The molecule has 1 unspecified atom stereocenters. The number of pyridine rings is 1. The van der Waals surface area contributed by atoms with Gasteiger partial charge in [-0.25, -0.2) is 4.57 Å². The van der Waals surface area contributed by atoms with Gasteiger partial charge in [0.15, 0.2) is 6.20 Å². The quantitative estimate of drug-likeness (QED) is 0.332. The number of aromatic nitrogens is 1. The second-order valence-corrected chi connectivity index (χ2v) is 8.26. The molecular weight excluding hydrogens is 350 g/mol. The second-order valence-electron chi connectivity index (χ2n) is 8.26. The molecule has 29 heavy (non-hydrogen) atoms. The van der Waals surface area contributed by atoms with Crippen molar-refractivity contribution in [3.05, 3.63) is 89.6 Å². The molecule has 0 fully saturated rings. The Morgan fingerprint density at radius 2 is 1.62 bits per heavy atom. The Morgan fingerprint density at radius 1 is 0.862 bits per heavy atom. The minimum Gasteiger partial charge on any atom is -0.200 e. The SMILES string of the molecule is CCC(C)c1ccc2c(-c3cc(-c4ccccc4)cc(C)c3C)[n+](C)ccc2c1. The molecule has 1 nitrogen and oxygen atoms in total. The van der Waals surface area contributed by atoms with Gasteiger partial charge in [0.1, 0.15) is 7.05 Å². The maximum Gasteiger partial charge on any atom is 0.220 e. The number of hydrogen-bond donors (Lipinski definition) is 0. The van der Waals surface area contributed by atoms with Gasteiger partial charge in [0, 0.05) is 6.07 Å². The van der Waals surface area contributed by atoms with Crippen molar-refractivity contribution >= 4 is 10.8 Å². The molecule has 3 aromatic carbocycles. The average molecular weight is 381 g/mol. The van der Waals surface area contributed by atoms with E-state index in [1.54, 1.807) is 0 Å². The molecule has 0 radical (unpaired) electrons. The summed E-state index contributed by atoms with van der Waals surface area (Å²) in [5.41, 5.74) is 9.24. The molecule has 146 valence electrons. The summed E-state index contributed by atoms with van der Waals surface area (Å²) in [7, 11) is 2.15. The molecule has 1 heteroatoms. The molecule has 0 saturated heterocycles. The predicted molar refractivity (Wildman–Crippen MR) is 124 cm³/mol. The Bertz CT molecular complexity index is 1170. The van der Waals surface area contributed by atoms with Gasteiger partial charge in [-0.05, 0) is 71.5 Å². The van der Waals surface area contributed by atoms with E-state index in [2.05, 4.69) is 112 Å². The van der Waals surface area contributed by atoms with Crippen LogP contribution in [-0.2, 0) is 7.05 Å². The molecule has 0 aliphatic carbocycles. The highest BCUT2D eigenvalue weighted by molar-refractivity contribution is 5.95. The van der Waals surface area contributed by atoms with Crippen LogP contribution >= 0.6 is 0 Å². The number of aryl methyl sites for hydroxylation is 2. The van der Waals surface area contributed by atoms with Gasteiger partial charge in [-0.1, -0.05) is 62.4 Å². The normalized spacial score (nSPS) is 12.3. The first-order chi connectivity index (χ1) is 14.0. The third kappa shape index (κ3) is 3.58. The molecule has 0 bridgehead atoms. The molecule has 1 atom stereocenters. The van der Waals surface area contributed by atoms with E-state index >= 15 is 0 Å². The fourth-order valence-corrected chi connectivity index (χ4v) is 4.17. The van der Waals surface area contributed by atoms with Crippen molar-refractivity contribution in [2.45, 2.75) is 40.0 Å². The van der Waals surface area contributed by atoms with Gasteiger partial charge in [-0.3, -0.25) is 0 Å². The number of benzene rings is 3. The first-order valence-electron chi connectivity index (χ1n) is 10.6. The van der Waals surface area contributed by atoms with Crippen molar-refractivity contribution in [3.8, 4) is 22.4 Å². The third-order valence-electron chi connectivity index (χ3n) is 6.37. The molecule has 0 aliphatic rings. The van der Waals surface area contributed by atoms with E-state index in [0.29, 0.717) is 5.92 Å². The summed E-state index contributed by atoms with van der Waals surface area (Å²) in [6.07, 6.45) is 3.36. The van der Waals surface area contributed by atoms with Crippen LogP contribution in [0.2, 0.25) is 0 Å². The van der Waals surface area contributed by atoms with Gasteiger partial charge in [0.2, 0.25) is 5.69 Å². The first kappa shape index (κ1) is 19.4. The number of nitrogens with zero attached hydrogens (tertiary/aromatic N) is 1. The summed E-state index contributed by atoms with van der Waals surface area (Å²) in [4.78, 5) is 0. The molecule has 0 aliphatic heterocycles. The van der Waals surface area contributed by atoms with Crippen LogP contribution in [-0.4, -0.2) is 0 Å². The molecule has 0 spiro atoms. The van der Waals surface area contributed by atoms with E-state index in [-0.39, 0.29) is 0 Å². The first-order valence-corrected chi connectivity index (χ1v) is 10.6. The Kier molecular flexibility index (Phi) is 5.24. The summed E-state index contributed by atoms with van der Waals surface area (Å²) in [5, 5.41) is 2.63. The van der Waals surface area contributed by atoms with Crippen LogP contribution in [0.1, 0.15) is 42.9 Å². The number of fused-ring (bicyclic) bond motifs is 1. The van der Waals surface area contributed by atoms with E-state index < -0.39 is 0 Å². The van der Waals surface area contributed by atoms with Crippen LogP contribution in [0.25, 0.3) is 33.2 Å². The molecule has 4 rings (SSSR count). The smallest absolute Gasteiger partial charge is 0.200 e. The van der Waals surface area contributed by atoms with Gasteiger partial charge >= 0.3 is 0 Å². The van der Waals surface area contributed by atoms with Gasteiger partial charge < -0.3 is 0 Å². The zero-order chi connectivity index (χ0) is 20.5. The van der Waals surface area contributed by atoms with Crippen molar-refractivity contribution in [3.63, 3.8) is 0 Å². The van der Waals surface area contributed by atoms with Crippen molar-refractivity contribution in [2.24, 2.45) is 7.05 Å². The lowest BCUT2D eigenvalue weighted by Gasteiger charge is -2.14. The lowest BCUT2D eigenvalue weighted by molar-refractivity contribution is -0.659. The van der Waals surface area contributed by atoms with E-state index in [4.69, 9.17) is 0 Å². The van der Waals surface area contributed by atoms with Crippen LogP contribution in [0.15, 0.2) is 72.9 Å². The summed E-state index contributed by atoms with van der Waals surface area (Å²) < 4.78 is 2.27. The monoisotopic (exact) mass is 380 g/mol. The fourth-order valence-electron chi connectivity index (χ4n) is 4.17. The van der Waals surface area contributed by atoms with Gasteiger partial charge in [0.05, 0.1) is 10.9 Å². The van der Waals surface area contributed by atoms with Crippen LogP contribution in [0, 0.1) is 13.8 Å². The van der Waals surface area contributed by atoms with Gasteiger partial charge in [-0.2, -0.15) is 0 Å². The fraction of sp³-hybridized carbons (Fsp3) is 0.250. The highest BCUT2D eigenvalue weighted by Crippen LogP contribution is 2.34. The molecule has 0 amide bonds. The van der Waals surface area contributed by atoms with E-state index in [0.717, 1.165) is 6.42 Å². The lowest BCUT2D eigenvalue weighted by Crippen LogP contribution is -2.30. The third-order valence-corrected chi connectivity index (χ3v) is 6.37. The standard InChI is InChI=1S/C28H30N/c1-6-19(2)23-12-13-26-24(17-23)14-15-29(5)28(26)27-18-25(16-20(3)21(27)4)22-10-8-7-9-11-22/h7-19H,6H2,1-5H3/q+1.